The second-order valence-electron chi connectivity index (χ2n) is 3.29. The summed E-state index contributed by atoms with van der Waals surface area (Å²) < 4.78 is 7.24. The topological polar surface area (TPSA) is 60.2 Å². The smallest absolute Gasteiger partial charge is 0.158 e. The molecule has 0 spiro atoms. The van der Waals surface area contributed by atoms with Gasteiger partial charge in [-0.25, -0.2) is 0 Å². The molecule has 0 saturated carbocycles. The number of rotatable bonds is 7. The molecule has 5 nitrogen and oxygen atoms in total. The molecular formula is C10H19N3O2. The minimum Gasteiger partial charge on any atom is -0.388 e. The highest BCUT2D eigenvalue weighted by Crippen LogP contribution is 2.04. The van der Waals surface area contributed by atoms with E-state index in [0.717, 1.165) is 31.8 Å². The van der Waals surface area contributed by atoms with Crippen LogP contribution in [0.3, 0.4) is 0 Å². The van der Waals surface area contributed by atoms with Crippen molar-refractivity contribution in [1.82, 2.24) is 14.8 Å². The van der Waals surface area contributed by atoms with E-state index in [1.807, 2.05) is 11.5 Å². The number of aromatic nitrogens is 3. The molecule has 0 amide bonds. The quantitative estimate of drug-likeness (QED) is 0.679. The maximum absolute atomic E-state index is 9.08. The van der Waals surface area contributed by atoms with Crippen molar-refractivity contribution < 1.29 is 9.84 Å². The molecule has 0 saturated heterocycles. The van der Waals surface area contributed by atoms with Crippen LogP contribution in [0.5, 0.6) is 0 Å². The van der Waals surface area contributed by atoms with Crippen LogP contribution in [0.4, 0.5) is 0 Å². The molecular weight excluding hydrogens is 194 g/mol. The summed E-state index contributed by atoms with van der Waals surface area (Å²) in [5.74, 6) is 1.54. The Balaban J connectivity index is 2.64. The fourth-order valence-corrected chi connectivity index (χ4v) is 1.46. The molecule has 0 aliphatic heterocycles. The summed E-state index contributed by atoms with van der Waals surface area (Å²) in [5.41, 5.74) is 0. The number of nitrogens with zero attached hydrogens (tertiary/aromatic N) is 3. The molecule has 0 bridgehead atoms. The first-order chi connectivity index (χ1) is 7.33. The lowest BCUT2D eigenvalue weighted by Crippen LogP contribution is -2.10. The lowest BCUT2D eigenvalue weighted by molar-refractivity contribution is 0.148. The van der Waals surface area contributed by atoms with Gasteiger partial charge in [0, 0.05) is 19.6 Å². The van der Waals surface area contributed by atoms with Crippen molar-refractivity contribution >= 4 is 0 Å². The van der Waals surface area contributed by atoms with Gasteiger partial charge in [-0.15, -0.1) is 10.2 Å². The van der Waals surface area contributed by atoms with Gasteiger partial charge in [-0.2, -0.15) is 0 Å². The molecule has 0 aromatic carbocycles. The Labute approximate surface area is 90.1 Å². The first-order valence-electron chi connectivity index (χ1n) is 5.43. The molecule has 0 atom stereocenters. The fraction of sp³-hybridized carbons (Fsp3) is 0.800. The Morgan fingerprint density at radius 3 is 2.60 bits per heavy atom. The van der Waals surface area contributed by atoms with E-state index in [-0.39, 0.29) is 6.61 Å². The van der Waals surface area contributed by atoms with Gasteiger partial charge in [0.25, 0.3) is 0 Å². The molecule has 0 aliphatic carbocycles. The van der Waals surface area contributed by atoms with Gasteiger partial charge >= 0.3 is 0 Å². The van der Waals surface area contributed by atoms with Gasteiger partial charge < -0.3 is 14.4 Å². The van der Waals surface area contributed by atoms with E-state index in [9.17, 15) is 0 Å². The van der Waals surface area contributed by atoms with Crippen LogP contribution in [0.25, 0.3) is 0 Å². The highest BCUT2D eigenvalue weighted by atomic mass is 16.5. The summed E-state index contributed by atoms with van der Waals surface area (Å²) in [7, 11) is 0. The summed E-state index contributed by atoms with van der Waals surface area (Å²) in [5, 5.41) is 17.1. The predicted molar refractivity (Wildman–Crippen MR) is 56.4 cm³/mol. The number of aliphatic hydroxyl groups excluding tert-OH is 1. The van der Waals surface area contributed by atoms with Gasteiger partial charge in [0.05, 0.1) is 6.61 Å². The molecule has 1 aromatic heterocycles. The van der Waals surface area contributed by atoms with E-state index in [1.165, 1.54) is 0 Å². The van der Waals surface area contributed by atoms with Gasteiger partial charge in [0.15, 0.2) is 5.82 Å². The zero-order valence-electron chi connectivity index (χ0n) is 9.44. The Hall–Kier alpha value is -0.940. The van der Waals surface area contributed by atoms with Crippen LogP contribution in [0, 0.1) is 0 Å². The SMILES string of the molecule is CCCn1c(CO)nnc1CCOCC. The van der Waals surface area contributed by atoms with Crippen molar-refractivity contribution in [2.24, 2.45) is 0 Å². The van der Waals surface area contributed by atoms with E-state index in [1.54, 1.807) is 0 Å². The zero-order chi connectivity index (χ0) is 11.1. The summed E-state index contributed by atoms with van der Waals surface area (Å²) >= 11 is 0. The van der Waals surface area contributed by atoms with Crippen LogP contribution in [-0.4, -0.2) is 33.1 Å². The Morgan fingerprint density at radius 1 is 1.27 bits per heavy atom. The minimum absolute atomic E-state index is 0.0539. The molecule has 1 N–H and O–H groups in total. The molecule has 0 fully saturated rings. The Bertz CT molecular complexity index is 286. The van der Waals surface area contributed by atoms with Crippen molar-refractivity contribution in [2.75, 3.05) is 13.2 Å². The lowest BCUT2D eigenvalue weighted by atomic mass is 10.4. The first kappa shape index (κ1) is 12.1. The summed E-state index contributed by atoms with van der Waals surface area (Å²) in [6, 6.07) is 0. The predicted octanol–water partition coefficient (Wildman–Crippen LogP) is 0.759. The lowest BCUT2D eigenvalue weighted by Gasteiger charge is -2.07. The van der Waals surface area contributed by atoms with Crippen LogP contribution in [0.2, 0.25) is 0 Å². The third-order valence-electron chi connectivity index (χ3n) is 2.17. The monoisotopic (exact) mass is 213 g/mol. The first-order valence-corrected chi connectivity index (χ1v) is 5.43. The third-order valence-corrected chi connectivity index (χ3v) is 2.17. The maximum atomic E-state index is 9.08. The molecule has 15 heavy (non-hydrogen) atoms. The number of hydrogen-bond acceptors (Lipinski definition) is 4. The van der Waals surface area contributed by atoms with Crippen molar-refractivity contribution in [3.8, 4) is 0 Å². The van der Waals surface area contributed by atoms with Gasteiger partial charge in [-0.1, -0.05) is 6.92 Å². The third kappa shape index (κ3) is 3.28. The second-order valence-corrected chi connectivity index (χ2v) is 3.29. The van der Waals surface area contributed by atoms with Gasteiger partial charge in [-0.05, 0) is 13.3 Å². The zero-order valence-corrected chi connectivity index (χ0v) is 9.44. The largest absolute Gasteiger partial charge is 0.388 e. The van der Waals surface area contributed by atoms with E-state index >= 15 is 0 Å². The standard InChI is InChI=1S/C10H19N3O2/c1-3-6-13-9(5-7-15-4-2)11-12-10(13)8-14/h14H,3-8H2,1-2H3. The van der Waals surface area contributed by atoms with E-state index in [0.29, 0.717) is 12.4 Å². The molecule has 1 heterocycles. The van der Waals surface area contributed by atoms with Crippen molar-refractivity contribution in [3.05, 3.63) is 11.6 Å². The molecule has 0 radical (unpaired) electrons. The average molecular weight is 213 g/mol. The number of ether oxygens (including phenoxy) is 1. The van der Waals surface area contributed by atoms with Gasteiger partial charge in [0.1, 0.15) is 12.4 Å². The van der Waals surface area contributed by atoms with E-state index < -0.39 is 0 Å². The summed E-state index contributed by atoms with van der Waals surface area (Å²) in [4.78, 5) is 0. The van der Waals surface area contributed by atoms with Crippen LogP contribution in [0.15, 0.2) is 0 Å². The van der Waals surface area contributed by atoms with E-state index in [4.69, 9.17) is 9.84 Å². The van der Waals surface area contributed by atoms with Crippen molar-refractivity contribution in [2.45, 2.75) is 39.8 Å². The fourth-order valence-electron chi connectivity index (χ4n) is 1.46. The normalized spacial score (nSPS) is 10.9. The van der Waals surface area contributed by atoms with Gasteiger partial charge in [-0.3, -0.25) is 0 Å². The van der Waals surface area contributed by atoms with Crippen molar-refractivity contribution in [3.63, 3.8) is 0 Å². The molecule has 86 valence electrons. The maximum Gasteiger partial charge on any atom is 0.158 e. The number of hydrogen-bond donors (Lipinski definition) is 1. The molecule has 1 aromatic rings. The van der Waals surface area contributed by atoms with Crippen LogP contribution in [-0.2, 0) is 24.3 Å². The summed E-state index contributed by atoms with van der Waals surface area (Å²) in [6.07, 6.45) is 1.76. The second kappa shape index (κ2) is 6.53. The molecule has 1 rings (SSSR count). The molecule has 0 aliphatic rings. The average Bonchev–Trinajstić information content (AvgIpc) is 2.62. The highest BCUT2D eigenvalue weighted by Gasteiger charge is 2.09. The van der Waals surface area contributed by atoms with Crippen LogP contribution < -0.4 is 0 Å². The summed E-state index contributed by atoms with van der Waals surface area (Å²) in [6.45, 7) is 6.23. The molecule has 5 heteroatoms. The number of aliphatic hydroxyl groups is 1. The van der Waals surface area contributed by atoms with E-state index in [2.05, 4.69) is 17.1 Å². The molecule has 0 unspecified atom stereocenters. The van der Waals surface area contributed by atoms with Crippen LogP contribution in [0.1, 0.15) is 31.9 Å². The Morgan fingerprint density at radius 2 is 2.00 bits per heavy atom. The minimum atomic E-state index is -0.0539. The Kier molecular flexibility index (Phi) is 5.28. The highest BCUT2D eigenvalue weighted by molar-refractivity contribution is 4.95. The van der Waals surface area contributed by atoms with Crippen LogP contribution >= 0.6 is 0 Å². The van der Waals surface area contributed by atoms with Crippen molar-refractivity contribution in [1.29, 1.82) is 0 Å². The van der Waals surface area contributed by atoms with Gasteiger partial charge in [0.2, 0.25) is 0 Å².